The Labute approximate surface area is 195 Å². The number of nitrogens with one attached hydrogen (secondary N) is 2. The molecular formula is C25H26N2O7. The van der Waals surface area contributed by atoms with Gasteiger partial charge < -0.3 is 24.9 Å². The number of carboxylic acids is 1. The van der Waals surface area contributed by atoms with Gasteiger partial charge in [-0.15, -0.1) is 0 Å². The summed E-state index contributed by atoms with van der Waals surface area (Å²) in [5, 5.41) is 14.8. The van der Waals surface area contributed by atoms with Crippen molar-refractivity contribution >= 4 is 28.8 Å². The van der Waals surface area contributed by atoms with Crippen LogP contribution in [-0.4, -0.2) is 41.6 Å². The molecule has 9 nitrogen and oxygen atoms in total. The molecule has 0 fully saturated rings. The highest BCUT2D eigenvalue weighted by Gasteiger charge is 2.26. The molecular weight excluding hydrogens is 440 g/mol. The van der Waals surface area contributed by atoms with Crippen LogP contribution in [0.25, 0.3) is 22.1 Å². The number of benzene rings is 2. The largest absolute Gasteiger partial charge is 0.484 e. The maximum absolute atomic E-state index is 12.2. The van der Waals surface area contributed by atoms with Crippen LogP contribution in [0, 0.1) is 5.92 Å². The third kappa shape index (κ3) is 6.00. The van der Waals surface area contributed by atoms with Crippen molar-refractivity contribution in [3.8, 4) is 16.9 Å². The van der Waals surface area contributed by atoms with E-state index < -0.39 is 42.1 Å². The number of fused-ring (bicyclic) bond motifs is 1. The minimum atomic E-state index is -1.15. The molecule has 1 aromatic heterocycles. The Morgan fingerprint density at radius 2 is 1.71 bits per heavy atom. The van der Waals surface area contributed by atoms with E-state index in [-0.39, 0.29) is 5.92 Å². The maximum atomic E-state index is 12.2. The van der Waals surface area contributed by atoms with Gasteiger partial charge in [0.25, 0.3) is 5.91 Å². The van der Waals surface area contributed by atoms with E-state index in [0.717, 1.165) is 11.1 Å². The van der Waals surface area contributed by atoms with Crippen molar-refractivity contribution in [2.24, 2.45) is 5.92 Å². The standard InChI is InChI=1S/C25H26N2O7/c1-14(2)23(25(31)32)27-24(30)15(3)26-21(28)13-33-17-9-10-18-19(16-7-5-4-6-8-16)12-22(29)34-20(18)11-17/h4-12,14-15,23H,13H2,1-3H3,(H,26,28)(H,27,30)(H,31,32)/t15-,23-/m1/s1. The van der Waals surface area contributed by atoms with Crippen LogP contribution in [0.1, 0.15) is 20.8 Å². The molecule has 3 rings (SSSR count). The number of rotatable bonds is 9. The van der Waals surface area contributed by atoms with Gasteiger partial charge in [0.1, 0.15) is 23.4 Å². The molecule has 2 atom stereocenters. The highest BCUT2D eigenvalue weighted by Crippen LogP contribution is 2.29. The van der Waals surface area contributed by atoms with E-state index in [1.807, 2.05) is 30.3 Å². The van der Waals surface area contributed by atoms with Crippen LogP contribution in [0.2, 0.25) is 0 Å². The first-order valence-electron chi connectivity index (χ1n) is 10.7. The molecule has 9 heteroatoms. The van der Waals surface area contributed by atoms with Gasteiger partial charge in [-0.05, 0) is 36.1 Å². The van der Waals surface area contributed by atoms with Crippen molar-refractivity contribution < 1.29 is 28.6 Å². The molecule has 0 aliphatic heterocycles. The second-order valence-electron chi connectivity index (χ2n) is 8.15. The summed E-state index contributed by atoms with van der Waals surface area (Å²) in [6.45, 7) is 4.40. The molecule has 178 valence electrons. The lowest BCUT2D eigenvalue weighted by Gasteiger charge is -2.21. The fourth-order valence-electron chi connectivity index (χ4n) is 3.38. The molecule has 0 radical (unpaired) electrons. The zero-order valence-electron chi connectivity index (χ0n) is 19.0. The van der Waals surface area contributed by atoms with Gasteiger partial charge >= 0.3 is 11.6 Å². The molecule has 0 saturated carbocycles. The zero-order chi connectivity index (χ0) is 24.8. The molecule has 2 amide bonds. The molecule has 0 aliphatic carbocycles. The SMILES string of the molecule is CC(C)[C@@H](NC(=O)[C@@H](C)NC(=O)COc1ccc2c(-c3ccccc3)cc(=O)oc2c1)C(=O)O. The Balaban J connectivity index is 1.65. The van der Waals surface area contributed by atoms with E-state index >= 15 is 0 Å². The summed E-state index contributed by atoms with van der Waals surface area (Å²) in [7, 11) is 0. The first-order valence-corrected chi connectivity index (χ1v) is 10.7. The maximum Gasteiger partial charge on any atom is 0.336 e. The summed E-state index contributed by atoms with van der Waals surface area (Å²) >= 11 is 0. The molecule has 0 bridgehead atoms. The average Bonchev–Trinajstić information content (AvgIpc) is 2.80. The van der Waals surface area contributed by atoms with Gasteiger partial charge in [-0.25, -0.2) is 9.59 Å². The fourth-order valence-corrected chi connectivity index (χ4v) is 3.38. The first kappa shape index (κ1) is 24.5. The number of amides is 2. The van der Waals surface area contributed by atoms with Crippen LogP contribution in [-0.2, 0) is 14.4 Å². The summed E-state index contributed by atoms with van der Waals surface area (Å²) in [5.41, 5.74) is 1.38. The molecule has 2 aromatic carbocycles. The normalized spacial score (nSPS) is 12.7. The topological polar surface area (TPSA) is 135 Å². The Morgan fingerprint density at radius 1 is 1.00 bits per heavy atom. The van der Waals surface area contributed by atoms with Crippen molar-refractivity contribution in [1.82, 2.24) is 10.6 Å². The second-order valence-corrected chi connectivity index (χ2v) is 8.15. The fraction of sp³-hybridized carbons (Fsp3) is 0.280. The van der Waals surface area contributed by atoms with E-state index in [1.165, 1.54) is 19.1 Å². The molecule has 3 aromatic rings. The third-order valence-electron chi connectivity index (χ3n) is 5.17. The van der Waals surface area contributed by atoms with E-state index in [2.05, 4.69) is 10.6 Å². The van der Waals surface area contributed by atoms with E-state index in [4.69, 9.17) is 9.15 Å². The monoisotopic (exact) mass is 466 g/mol. The van der Waals surface area contributed by atoms with Crippen LogP contribution in [0.3, 0.4) is 0 Å². The summed E-state index contributed by atoms with van der Waals surface area (Å²) in [5.74, 6) is -2.35. The lowest BCUT2D eigenvalue weighted by molar-refractivity contribution is -0.143. The molecule has 0 aliphatic rings. The van der Waals surface area contributed by atoms with Gasteiger partial charge in [0.05, 0.1) is 0 Å². The summed E-state index contributed by atoms with van der Waals surface area (Å²) < 4.78 is 10.8. The van der Waals surface area contributed by atoms with Gasteiger partial charge in [-0.3, -0.25) is 9.59 Å². The van der Waals surface area contributed by atoms with E-state index in [0.29, 0.717) is 16.7 Å². The van der Waals surface area contributed by atoms with Gasteiger partial charge in [0.2, 0.25) is 5.91 Å². The van der Waals surface area contributed by atoms with Crippen LogP contribution in [0.5, 0.6) is 5.75 Å². The number of aliphatic carboxylic acids is 1. The van der Waals surface area contributed by atoms with Crippen molar-refractivity contribution in [1.29, 1.82) is 0 Å². The number of ether oxygens (including phenoxy) is 1. The minimum Gasteiger partial charge on any atom is -0.484 e. The first-order chi connectivity index (χ1) is 16.2. The van der Waals surface area contributed by atoms with E-state index in [1.54, 1.807) is 26.0 Å². The third-order valence-corrected chi connectivity index (χ3v) is 5.17. The number of carboxylic acid groups (broad SMARTS) is 1. The van der Waals surface area contributed by atoms with Crippen LogP contribution in [0.15, 0.2) is 63.8 Å². The van der Waals surface area contributed by atoms with Crippen molar-refractivity contribution in [2.45, 2.75) is 32.9 Å². The van der Waals surface area contributed by atoms with Gasteiger partial charge in [0.15, 0.2) is 6.61 Å². The molecule has 0 unspecified atom stereocenters. The Bertz CT molecular complexity index is 1250. The summed E-state index contributed by atoms with van der Waals surface area (Å²) in [4.78, 5) is 47.8. The average molecular weight is 466 g/mol. The molecule has 0 saturated heterocycles. The summed E-state index contributed by atoms with van der Waals surface area (Å²) in [6, 6.07) is 13.7. The van der Waals surface area contributed by atoms with Gasteiger partial charge in [-0.1, -0.05) is 44.2 Å². The zero-order valence-corrected chi connectivity index (χ0v) is 19.0. The quantitative estimate of drug-likeness (QED) is 0.413. The van der Waals surface area contributed by atoms with Gasteiger partial charge in [0, 0.05) is 17.5 Å². The lowest BCUT2D eigenvalue weighted by atomic mass is 10.0. The molecule has 0 spiro atoms. The molecule has 1 heterocycles. The highest BCUT2D eigenvalue weighted by atomic mass is 16.5. The lowest BCUT2D eigenvalue weighted by Crippen LogP contribution is -2.52. The van der Waals surface area contributed by atoms with Crippen LogP contribution >= 0.6 is 0 Å². The van der Waals surface area contributed by atoms with Crippen molar-refractivity contribution in [3.63, 3.8) is 0 Å². The summed E-state index contributed by atoms with van der Waals surface area (Å²) in [6.07, 6.45) is 0. The smallest absolute Gasteiger partial charge is 0.336 e. The van der Waals surface area contributed by atoms with Crippen LogP contribution < -0.4 is 21.0 Å². The van der Waals surface area contributed by atoms with Crippen molar-refractivity contribution in [2.75, 3.05) is 6.61 Å². The van der Waals surface area contributed by atoms with Crippen LogP contribution in [0.4, 0.5) is 0 Å². The Kier molecular flexibility index (Phi) is 7.68. The number of hydrogen-bond acceptors (Lipinski definition) is 6. The predicted molar refractivity (Wildman–Crippen MR) is 125 cm³/mol. The van der Waals surface area contributed by atoms with E-state index in [9.17, 15) is 24.3 Å². The van der Waals surface area contributed by atoms with Gasteiger partial charge in [-0.2, -0.15) is 0 Å². The second kappa shape index (κ2) is 10.7. The predicted octanol–water partition coefficient (Wildman–Crippen LogP) is 2.57. The number of hydrogen-bond donors (Lipinski definition) is 3. The Morgan fingerprint density at radius 3 is 2.35 bits per heavy atom. The number of carbonyl (C=O) groups excluding carboxylic acids is 2. The highest BCUT2D eigenvalue weighted by molar-refractivity contribution is 5.94. The molecule has 34 heavy (non-hydrogen) atoms. The minimum absolute atomic E-state index is 0.305. The van der Waals surface area contributed by atoms with Crippen molar-refractivity contribution in [3.05, 3.63) is 65.0 Å². The Hall–Kier alpha value is -4.14. The molecule has 3 N–H and O–H groups in total. The number of carbonyl (C=O) groups is 3.